The lowest BCUT2D eigenvalue weighted by atomic mass is 10.3. The lowest BCUT2D eigenvalue weighted by molar-refractivity contribution is 0.0340. The molecule has 1 aliphatic rings. The summed E-state index contributed by atoms with van der Waals surface area (Å²) in [4.78, 5) is 2.42. The summed E-state index contributed by atoms with van der Waals surface area (Å²) in [5, 5.41) is 0. The van der Waals surface area contributed by atoms with Gasteiger partial charge in [-0.2, -0.15) is 0 Å². The Morgan fingerprint density at radius 1 is 1.23 bits per heavy atom. The Morgan fingerprint density at radius 3 is 2.38 bits per heavy atom. The second-order valence-electron chi connectivity index (χ2n) is 2.80. The Balaban J connectivity index is 0.000000671. The number of nitrogens with zero attached hydrogens (tertiary/aromatic N) is 1. The fraction of sp³-hybridized carbons (Fsp3) is 1.00. The first kappa shape index (κ1) is 12.9. The Morgan fingerprint density at radius 2 is 1.85 bits per heavy atom. The first-order valence-electron chi connectivity index (χ1n) is 5.22. The molecule has 1 aliphatic heterocycles. The summed E-state index contributed by atoms with van der Waals surface area (Å²) in [7, 11) is 1.75. The van der Waals surface area contributed by atoms with E-state index in [0.717, 1.165) is 45.9 Å². The molecule has 0 radical (unpaired) electrons. The van der Waals surface area contributed by atoms with Crippen molar-refractivity contribution in [3.63, 3.8) is 0 Å². The summed E-state index contributed by atoms with van der Waals surface area (Å²) in [6.07, 6.45) is 1.14. The molecule has 0 spiro atoms. The van der Waals surface area contributed by atoms with Gasteiger partial charge in [0.15, 0.2) is 0 Å². The number of morpholine rings is 1. The van der Waals surface area contributed by atoms with E-state index in [1.807, 2.05) is 13.8 Å². The molecule has 0 N–H and O–H groups in total. The highest BCUT2D eigenvalue weighted by molar-refractivity contribution is 4.60. The van der Waals surface area contributed by atoms with E-state index >= 15 is 0 Å². The monoisotopic (exact) mass is 189 g/mol. The van der Waals surface area contributed by atoms with Gasteiger partial charge >= 0.3 is 0 Å². The van der Waals surface area contributed by atoms with E-state index < -0.39 is 0 Å². The Labute approximate surface area is 82.0 Å². The molecule has 0 aliphatic carbocycles. The molecule has 0 bridgehead atoms. The molecule has 0 amide bonds. The van der Waals surface area contributed by atoms with Crippen molar-refractivity contribution in [2.75, 3.05) is 46.6 Å². The van der Waals surface area contributed by atoms with Gasteiger partial charge in [0.25, 0.3) is 0 Å². The molecular formula is C10H23NO2. The lowest BCUT2D eigenvalue weighted by Gasteiger charge is -2.26. The highest BCUT2D eigenvalue weighted by Gasteiger charge is 2.08. The van der Waals surface area contributed by atoms with Crippen LogP contribution in [0.5, 0.6) is 0 Å². The van der Waals surface area contributed by atoms with Crippen LogP contribution in [0.25, 0.3) is 0 Å². The van der Waals surface area contributed by atoms with Crippen LogP contribution >= 0.6 is 0 Å². The van der Waals surface area contributed by atoms with E-state index in [9.17, 15) is 0 Å². The van der Waals surface area contributed by atoms with Gasteiger partial charge < -0.3 is 9.47 Å². The molecule has 80 valence electrons. The van der Waals surface area contributed by atoms with Crippen molar-refractivity contribution in [1.29, 1.82) is 0 Å². The van der Waals surface area contributed by atoms with Crippen molar-refractivity contribution >= 4 is 0 Å². The molecule has 0 unspecified atom stereocenters. The molecule has 0 aromatic heterocycles. The Hall–Kier alpha value is -0.120. The van der Waals surface area contributed by atoms with Crippen molar-refractivity contribution in [2.45, 2.75) is 20.3 Å². The van der Waals surface area contributed by atoms with Crippen LogP contribution < -0.4 is 0 Å². The summed E-state index contributed by atoms with van der Waals surface area (Å²) in [6.45, 7) is 9.99. The molecule has 13 heavy (non-hydrogen) atoms. The lowest BCUT2D eigenvalue weighted by Crippen LogP contribution is -2.37. The zero-order valence-electron chi connectivity index (χ0n) is 9.21. The van der Waals surface area contributed by atoms with E-state index in [0.29, 0.717) is 0 Å². The molecule has 1 heterocycles. The van der Waals surface area contributed by atoms with Gasteiger partial charge in [-0.25, -0.2) is 0 Å². The average molecular weight is 189 g/mol. The fourth-order valence-electron chi connectivity index (χ4n) is 1.26. The minimum atomic E-state index is 0.872. The third-order valence-electron chi connectivity index (χ3n) is 1.93. The van der Waals surface area contributed by atoms with Gasteiger partial charge in [-0.15, -0.1) is 0 Å². The topological polar surface area (TPSA) is 21.7 Å². The van der Waals surface area contributed by atoms with E-state index in [2.05, 4.69) is 4.90 Å². The maximum atomic E-state index is 5.23. The SMILES string of the molecule is CC.COCCCN1CCOCC1. The third-order valence-corrected chi connectivity index (χ3v) is 1.93. The number of hydrogen-bond acceptors (Lipinski definition) is 3. The predicted molar refractivity (Wildman–Crippen MR) is 55.1 cm³/mol. The molecule has 1 rings (SSSR count). The summed E-state index contributed by atoms with van der Waals surface area (Å²) in [5.74, 6) is 0. The fourth-order valence-corrected chi connectivity index (χ4v) is 1.26. The van der Waals surface area contributed by atoms with Crippen molar-refractivity contribution in [1.82, 2.24) is 4.90 Å². The quantitative estimate of drug-likeness (QED) is 0.624. The highest BCUT2D eigenvalue weighted by atomic mass is 16.5. The van der Waals surface area contributed by atoms with Gasteiger partial charge in [-0.3, -0.25) is 4.90 Å². The summed E-state index contributed by atoms with van der Waals surface area (Å²) >= 11 is 0. The predicted octanol–water partition coefficient (Wildman–Crippen LogP) is 1.38. The average Bonchev–Trinajstić information content (AvgIpc) is 2.23. The van der Waals surface area contributed by atoms with Crippen LogP contribution in [0.3, 0.4) is 0 Å². The van der Waals surface area contributed by atoms with E-state index in [4.69, 9.17) is 9.47 Å². The third kappa shape index (κ3) is 6.99. The first-order valence-corrected chi connectivity index (χ1v) is 5.22. The van der Waals surface area contributed by atoms with Gasteiger partial charge in [-0.1, -0.05) is 13.8 Å². The number of hydrogen-bond donors (Lipinski definition) is 0. The molecule has 0 aromatic rings. The van der Waals surface area contributed by atoms with Crippen molar-refractivity contribution in [2.24, 2.45) is 0 Å². The Bertz CT molecular complexity index is 92.9. The Kier molecular flexibility index (Phi) is 9.87. The molecule has 0 aromatic carbocycles. The van der Waals surface area contributed by atoms with Gasteiger partial charge in [0.2, 0.25) is 0 Å². The zero-order valence-corrected chi connectivity index (χ0v) is 9.21. The number of ether oxygens (including phenoxy) is 2. The smallest absolute Gasteiger partial charge is 0.0594 e. The van der Waals surface area contributed by atoms with Crippen LogP contribution in [0.2, 0.25) is 0 Å². The zero-order chi connectivity index (χ0) is 9.94. The van der Waals surface area contributed by atoms with Crippen LogP contribution in [0.15, 0.2) is 0 Å². The van der Waals surface area contributed by atoms with Gasteiger partial charge in [0.1, 0.15) is 0 Å². The maximum absolute atomic E-state index is 5.23. The maximum Gasteiger partial charge on any atom is 0.0594 e. The molecule has 1 fully saturated rings. The molecule has 3 heteroatoms. The van der Waals surface area contributed by atoms with Crippen LogP contribution in [0.1, 0.15) is 20.3 Å². The molecule has 1 saturated heterocycles. The molecule has 0 saturated carbocycles. The van der Waals surface area contributed by atoms with Gasteiger partial charge in [0.05, 0.1) is 13.2 Å². The minimum absolute atomic E-state index is 0.872. The van der Waals surface area contributed by atoms with Crippen molar-refractivity contribution in [3.8, 4) is 0 Å². The summed E-state index contributed by atoms with van der Waals surface area (Å²) in [6, 6.07) is 0. The van der Waals surface area contributed by atoms with Crippen LogP contribution in [0.4, 0.5) is 0 Å². The van der Waals surface area contributed by atoms with Crippen molar-refractivity contribution < 1.29 is 9.47 Å². The number of rotatable bonds is 4. The van der Waals surface area contributed by atoms with Crippen LogP contribution in [0, 0.1) is 0 Å². The highest BCUT2D eigenvalue weighted by Crippen LogP contribution is 1.97. The van der Waals surface area contributed by atoms with Gasteiger partial charge in [0, 0.05) is 33.4 Å². The van der Waals surface area contributed by atoms with Crippen LogP contribution in [-0.2, 0) is 9.47 Å². The first-order chi connectivity index (χ1) is 6.43. The van der Waals surface area contributed by atoms with E-state index in [1.165, 1.54) is 0 Å². The second-order valence-corrected chi connectivity index (χ2v) is 2.80. The van der Waals surface area contributed by atoms with E-state index in [1.54, 1.807) is 7.11 Å². The standard InChI is InChI=1S/C8H17NO2.C2H6/c1-10-6-2-3-9-4-7-11-8-5-9;1-2/h2-8H2,1H3;1-2H3. The minimum Gasteiger partial charge on any atom is -0.385 e. The van der Waals surface area contributed by atoms with Crippen molar-refractivity contribution in [3.05, 3.63) is 0 Å². The number of methoxy groups -OCH3 is 1. The van der Waals surface area contributed by atoms with Crippen LogP contribution in [-0.4, -0.2) is 51.5 Å². The van der Waals surface area contributed by atoms with E-state index in [-0.39, 0.29) is 0 Å². The molecular weight excluding hydrogens is 166 g/mol. The molecule has 0 atom stereocenters. The van der Waals surface area contributed by atoms with Gasteiger partial charge in [-0.05, 0) is 6.42 Å². The largest absolute Gasteiger partial charge is 0.385 e. The summed E-state index contributed by atoms with van der Waals surface area (Å²) < 4.78 is 10.2. The second kappa shape index (κ2) is 9.96. The molecule has 3 nitrogen and oxygen atoms in total. The normalized spacial score (nSPS) is 17.8. The summed E-state index contributed by atoms with van der Waals surface area (Å²) in [5.41, 5.74) is 0.